The van der Waals surface area contributed by atoms with E-state index < -0.39 is 22.5 Å². The molecule has 3 aromatic rings. The standard InChI is InChI=1S/C23H24N4O4S/c1-2-16-31-20-13-11-19(12-14-20)17-25-26-23(28)18-27(22-10-6-7-15-24-22)32(29,30)21-8-4-3-5-9-21/h3-15,17H,2,16,18H2,1H3,(H,26,28)/b25-17-. The molecule has 1 amide bonds. The first-order valence-corrected chi connectivity index (χ1v) is 11.5. The van der Waals surface area contributed by atoms with Gasteiger partial charge in [-0.1, -0.05) is 31.2 Å². The summed E-state index contributed by atoms with van der Waals surface area (Å²) < 4.78 is 32.7. The van der Waals surface area contributed by atoms with E-state index in [0.717, 1.165) is 22.0 Å². The molecule has 0 atom stereocenters. The van der Waals surface area contributed by atoms with Crippen LogP contribution in [0.2, 0.25) is 0 Å². The molecule has 0 saturated heterocycles. The zero-order valence-electron chi connectivity index (χ0n) is 17.6. The van der Waals surface area contributed by atoms with Crippen LogP contribution in [0.3, 0.4) is 0 Å². The van der Waals surface area contributed by atoms with Gasteiger partial charge in [0.25, 0.3) is 15.9 Å². The fraction of sp³-hybridized carbons (Fsp3) is 0.174. The number of hydrazone groups is 1. The number of sulfonamides is 1. The van der Waals surface area contributed by atoms with Gasteiger partial charge >= 0.3 is 0 Å². The molecule has 0 aliphatic carbocycles. The molecule has 0 unspecified atom stereocenters. The van der Waals surface area contributed by atoms with Crippen LogP contribution in [0, 0.1) is 0 Å². The van der Waals surface area contributed by atoms with E-state index in [0.29, 0.717) is 6.61 Å². The van der Waals surface area contributed by atoms with Gasteiger partial charge in [0.15, 0.2) is 0 Å². The number of nitrogens with zero attached hydrogens (tertiary/aromatic N) is 3. The molecule has 1 heterocycles. The van der Waals surface area contributed by atoms with Crippen LogP contribution in [-0.2, 0) is 14.8 Å². The van der Waals surface area contributed by atoms with Gasteiger partial charge in [0, 0.05) is 6.20 Å². The largest absolute Gasteiger partial charge is 0.494 e. The van der Waals surface area contributed by atoms with E-state index in [1.54, 1.807) is 42.5 Å². The Balaban J connectivity index is 1.70. The minimum Gasteiger partial charge on any atom is -0.494 e. The number of hydrogen-bond donors (Lipinski definition) is 1. The summed E-state index contributed by atoms with van der Waals surface area (Å²) in [7, 11) is -3.99. The van der Waals surface area contributed by atoms with Crippen LogP contribution in [0.5, 0.6) is 5.75 Å². The quantitative estimate of drug-likeness (QED) is 0.376. The van der Waals surface area contributed by atoms with Crippen molar-refractivity contribution in [2.45, 2.75) is 18.2 Å². The molecular formula is C23H24N4O4S. The minimum atomic E-state index is -3.99. The van der Waals surface area contributed by atoms with Crippen molar-refractivity contribution in [1.82, 2.24) is 10.4 Å². The van der Waals surface area contributed by atoms with E-state index in [4.69, 9.17) is 4.74 Å². The van der Waals surface area contributed by atoms with Gasteiger partial charge in [-0.15, -0.1) is 0 Å². The van der Waals surface area contributed by atoms with Crippen molar-refractivity contribution in [2.24, 2.45) is 5.10 Å². The number of hydrogen-bond acceptors (Lipinski definition) is 6. The smallest absolute Gasteiger partial charge is 0.265 e. The highest BCUT2D eigenvalue weighted by Gasteiger charge is 2.27. The molecule has 1 aromatic heterocycles. The van der Waals surface area contributed by atoms with Crippen LogP contribution >= 0.6 is 0 Å². The molecule has 0 radical (unpaired) electrons. The van der Waals surface area contributed by atoms with E-state index in [1.807, 2.05) is 19.1 Å². The maximum absolute atomic E-state index is 13.1. The number of benzene rings is 2. The van der Waals surface area contributed by atoms with Crippen molar-refractivity contribution in [3.05, 3.63) is 84.6 Å². The Hall–Kier alpha value is -3.72. The van der Waals surface area contributed by atoms with Crippen LogP contribution in [0.15, 0.2) is 89.0 Å². The Morgan fingerprint density at radius 3 is 2.44 bits per heavy atom. The van der Waals surface area contributed by atoms with E-state index in [-0.39, 0.29) is 10.7 Å². The third-order valence-corrected chi connectivity index (χ3v) is 6.04. The van der Waals surface area contributed by atoms with Crippen molar-refractivity contribution in [1.29, 1.82) is 0 Å². The topological polar surface area (TPSA) is 101 Å². The van der Waals surface area contributed by atoms with Crippen molar-refractivity contribution >= 4 is 28.0 Å². The Kier molecular flexibility index (Phi) is 7.93. The summed E-state index contributed by atoms with van der Waals surface area (Å²) in [6, 6.07) is 20.0. The van der Waals surface area contributed by atoms with Gasteiger partial charge in [0.05, 0.1) is 17.7 Å². The van der Waals surface area contributed by atoms with Crippen molar-refractivity contribution in [2.75, 3.05) is 17.5 Å². The van der Waals surface area contributed by atoms with Crippen molar-refractivity contribution in [3.63, 3.8) is 0 Å². The van der Waals surface area contributed by atoms with E-state index in [9.17, 15) is 13.2 Å². The molecule has 0 spiro atoms. The molecule has 0 aliphatic heterocycles. The molecule has 8 nitrogen and oxygen atoms in total. The molecular weight excluding hydrogens is 428 g/mol. The second-order valence-corrected chi connectivity index (χ2v) is 8.59. The molecule has 0 bridgehead atoms. The summed E-state index contributed by atoms with van der Waals surface area (Å²) in [6.07, 6.45) is 3.86. The molecule has 2 aromatic carbocycles. The summed E-state index contributed by atoms with van der Waals surface area (Å²) in [5, 5.41) is 3.93. The summed E-state index contributed by atoms with van der Waals surface area (Å²) in [5.74, 6) is 0.289. The Morgan fingerprint density at radius 2 is 1.78 bits per heavy atom. The molecule has 0 aliphatic rings. The lowest BCUT2D eigenvalue weighted by Crippen LogP contribution is -2.40. The fourth-order valence-corrected chi connectivity index (χ4v) is 4.12. The summed E-state index contributed by atoms with van der Waals surface area (Å²) in [4.78, 5) is 16.6. The number of pyridine rings is 1. The summed E-state index contributed by atoms with van der Waals surface area (Å²) in [5.41, 5.74) is 3.13. The highest BCUT2D eigenvalue weighted by molar-refractivity contribution is 7.92. The predicted octanol–water partition coefficient (Wildman–Crippen LogP) is 3.22. The Bertz CT molecular complexity index is 1140. The van der Waals surface area contributed by atoms with Crippen molar-refractivity contribution < 1.29 is 17.9 Å². The van der Waals surface area contributed by atoms with Crippen LogP contribution in [-0.4, -0.2) is 38.7 Å². The zero-order chi connectivity index (χ0) is 22.8. The molecule has 0 saturated carbocycles. The first-order valence-electron chi connectivity index (χ1n) is 10.0. The van der Waals surface area contributed by atoms with Gasteiger partial charge < -0.3 is 4.74 Å². The van der Waals surface area contributed by atoms with Crippen LogP contribution in [0.1, 0.15) is 18.9 Å². The average molecular weight is 453 g/mol. The second-order valence-electron chi connectivity index (χ2n) is 6.72. The maximum atomic E-state index is 13.1. The molecule has 9 heteroatoms. The van der Waals surface area contributed by atoms with Crippen LogP contribution < -0.4 is 14.5 Å². The van der Waals surface area contributed by atoms with Gasteiger partial charge in [-0.25, -0.2) is 23.1 Å². The second kappa shape index (κ2) is 11.1. The minimum absolute atomic E-state index is 0.0623. The van der Waals surface area contributed by atoms with Gasteiger partial charge in [0.2, 0.25) is 0 Å². The maximum Gasteiger partial charge on any atom is 0.265 e. The van der Waals surface area contributed by atoms with E-state index >= 15 is 0 Å². The number of ether oxygens (including phenoxy) is 1. The molecule has 32 heavy (non-hydrogen) atoms. The lowest BCUT2D eigenvalue weighted by molar-refractivity contribution is -0.119. The van der Waals surface area contributed by atoms with E-state index in [2.05, 4.69) is 15.5 Å². The van der Waals surface area contributed by atoms with Gasteiger partial charge in [-0.3, -0.25) is 4.79 Å². The molecule has 166 valence electrons. The number of nitrogens with one attached hydrogen (secondary N) is 1. The van der Waals surface area contributed by atoms with Crippen LogP contribution in [0.4, 0.5) is 5.82 Å². The molecule has 1 N–H and O–H groups in total. The zero-order valence-corrected chi connectivity index (χ0v) is 18.4. The fourth-order valence-electron chi connectivity index (χ4n) is 2.72. The Labute approximate surface area is 187 Å². The number of carbonyl (C=O) groups excluding carboxylic acids is 1. The number of carbonyl (C=O) groups is 1. The number of anilines is 1. The SMILES string of the molecule is CCCOc1ccc(/C=N\NC(=O)CN(c2ccccn2)S(=O)(=O)c2ccccc2)cc1. The lowest BCUT2D eigenvalue weighted by atomic mass is 10.2. The molecule has 3 rings (SSSR count). The van der Waals surface area contributed by atoms with Gasteiger partial charge in [-0.2, -0.15) is 5.10 Å². The first kappa shape index (κ1) is 23.0. The normalized spacial score (nSPS) is 11.3. The predicted molar refractivity (Wildman–Crippen MR) is 123 cm³/mol. The van der Waals surface area contributed by atoms with E-state index in [1.165, 1.54) is 30.6 Å². The number of aromatic nitrogens is 1. The number of rotatable bonds is 10. The Morgan fingerprint density at radius 1 is 1.06 bits per heavy atom. The van der Waals surface area contributed by atoms with Gasteiger partial charge in [-0.05, 0) is 60.5 Å². The highest BCUT2D eigenvalue weighted by atomic mass is 32.2. The third kappa shape index (κ3) is 6.14. The third-order valence-electron chi connectivity index (χ3n) is 4.28. The lowest BCUT2D eigenvalue weighted by Gasteiger charge is -2.22. The average Bonchev–Trinajstić information content (AvgIpc) is 2.83. The van der Waals surface area contributed by atoms with Gasteiger partial charge in [0.1, 0.15) is 18.1 Å². The summed E-state index contributed by atoms with van der Waals surface area (Å²) >= 11 is 0. The summed E-state index contributed by atoms with van der Waals surface area (Å²) in [6.45, 7) is 2.20. The van der Waals surface area contributed by atoms with Crippen molar-refractivity contribution in [3.8, 4) is 5.75 Å². The molecule has 0 fully saturated rings. The first-order chi connectivity index (χ1) is 15.5. The number of amides is 1. The highest BCUT2D eigenvalue weighted by Crippen LogP contribution is 2.21. The monoisotopic (exact) mass is 452 g/mol. The van der Waals surface area contributed by atoms with Crippen LogP contribution in [0.25, 0.3) is 0 Å².